The molecule has 0 atom stereocenters. The molecule has 52 valence electrons. The molecule has 1 saturated heterocycles. The summed E-state index contributed by atoms with van der Waals surface area (Å²) in [4.78, 5) is 12.0. The number of amides is 1. The summed E-state index contributed by atoms with van der Waals surface area (Å²) in [5.74, 6) is -0.0382. The van der Waals surface area contributed by atoms with Crippen molar-refractivity contribution in [2.45, 2.75) is 19.3 Å². The monoisotopic (exact) mass is 131 g/mol. The first-order chi connectivity index (χ1) is 4.34. The number of hydrogen-bond donors (Lipinski definition) is 0. The zero-order valence-electron chi connectivity index (χ0n) is 5.27. The molecule has 0 aliphatic carbocycles. The Kier molecular flexibility index (Phi) is 2.03. The predicted octanol–water partition coefficient (Wildman–Crippen LogP) is 0.926. The molecule has 0 spiro atoms. The molecule has 0 aromatic heterocycles. The second-order valence-corrected chi connectivity index (χ2v) is 2.23. The van der Waals surface area contributed by atoms with Crippen molar-refractivity contribution in [1.29, 1.82) is 0 Å². The average Bonchev–Trinajstić information content (AvgIpc) is 1.89. The fraction of sp³-hybridized carbons (Fsp3) is 0.833. The van der Waals surface area contributed by atoms with Gasteiger partial charge in [0, 0.05) is 13.0 Å². The molecule has 0 unspecified atom stereocenters. The zero-order valence-corrected chi connectivity index (χ0v) is 5.27. The lowest BCUT2D eigenvalue weighted by Crippen LogP contribution is -2.34. The highest BCUT2D eigenvalue weighted by molar-refractivity contribution is 5.76. The minimum atomic E-state index is -0.612. The van der Waals surface area contributed by atoms with Gasteiger partial charge < -0.3 is 4.90 Å². The van der Waals surface area contributed by atoms with E-state index in [1.54, 1.807) is 0 Å². The fourth-order valence-electron chi connectivity index (χ4n) is 0.988. The minimum absolute atomic E-state index is 0.0382. The van der Waals surface area contributed by atoms with E-state index in [1.165, 1.54) is 4.90 Å². The first-order valence-electron chi connectivity index (χ1n) is 3.18. The number of likely N-dealkylation sites (tertiary alicyclic amines) is 1. The van der Waals surface area contributed by atoms with Gasteiger partial charge in [-0.2, -0.15) is 0 Å². The lowest BCUT2D eigenvalue weighted by molar-refractivity contribution is -0.135. The first kappa shape index (κ1) is 6.52. The number of rotatable bonds is 1. The van der Waals surface area contributed by atoms with E-state index in [1.807, 2.05) is 0 Å². The third kappa shape index (κ3) is 1.40. The van der Waals surface area contributed by atoms with Gasteiger partial charge in [0.2, 0.25) is 5.91 Å². The van der Waals surface area contributed by atoms with Crippen molar-refractivity contribution in [2.75, 3.05) is 13.3 Å². The van der Waals surface area contributed by atoms with Crippen molar-refractivity contribution in [3.8, 4) is 0 Å². The molecule has 0 aromatic carbocycles. The van der Waals surface area contributed by atoms with E-state index in [-0.39, 0.29) is 5.91 Å². The maximum absolute atomic E-state index is 11.8. The third-order valence-electron chi connectivity index (χ3n) is 1.57. The summed E-state index contributed by atoms with van der Waals surface area (Å²) in [5.41, 5.74) is 0. The second kappa shape index (κ2) is 2.80. The van der Waals surface area contributed by atoms with Gasteiger partial charge in [0.1, 0.15) is 0 Å². The van der Waals surface area contributed by atoms with Crippen LogP contribution in [0.3, 0.4) is 0 Å². The van der Waals surface area contributed by atoms with E-state index in [0.717, 1.165) is 12.8 Å². The summed E-state index contributed by atoms with van der Waals surface area (Å²) in [7, 11) is 0. The molecule has 1 heterocycles. The molecular formula is C6H10FNO. The van der Waals surface area contributed by atoms with Crippen LogP contribution in [0.4, 0.5) is 4.39 Å². The summed E-state index contributed by atoms with van der Waals surface area (Å²) < 4.78 is 11.8. The lowest BCUT2D eigenvalue weighted by atomic mass is 10.1. The van der Waals surface area contributed by atoms with Crippen molar-refractivity contribution >= 4 is 5.91 Å². The topological polar surface area (TPSA) is 20.3 Å². The Hall–Kier alpha value is -0.600. The van der Waals surface area contributed by atoms with Crippen molar-refractivity contribution in [2.24, 2.45) is 0 Å². The van der Waals surface area contributed by atoms with Gasteiger partial charge in [-0.15, -0.1) is 0 Å². The molecule has 1 rings (SSSR count). The molecule has 9 heavy (non-hydrogen) atoms. The number of halogens is 1. The van der Waals surface area contributed by atoms with Gasteiger partial charge in [0.05, 0.1) is 0 Å². The van der Waals surface area contributed by atoms with Crippen LogP contribution in [0.5, 0.6) is 0 Å². The van der Waals surface area contributed by atoms with Crippen LogP contribution in [0.1, 0.15) is 19.3 Å². The number of alkyl halides is 1. The van der Waals surface area contributed by atoms with Gasteiger partial charge in [-0.3, -0.25) is 4.79 Å². The number of nitrogens with zero attached hydrogens (tertiary/aromatic N) is 1. The van der Waals surface area contributed by atoms with Crippen molar-refractivity contribution in [3.63, 3.8) is 0 Å². The van der Waals surface area contributed by atoms with Crippen LogP contribution >= 0.6 is 0 Å². The van der Waals surface area contributed by atoms with Crippen LogP contribution in [0.2, 0.25) is 0 Å². The van der Waals surface area contributed by atoms with Gasteiger partial charge in [-0.05, 0) is 12.8 Å². The van der Waals surface area contributed by atoms with Crippen molar-refractivity contribution < 1.29 is 9.18 Å². The van der Waals surface area contributed by atoms with Gasteiger partial charge in [-0.25, -0.2) is 4.39 Å². The highest BCUT2D eigenvalue weighted by Crippen LogP contribution is 2.09. The number of piperidine rings is 1. The van der Waals surface area contributed by atoms with Crippen LogP contribution in [-0.4, -0.2) is 24.2 Å². The predicted molar refractivity (Wildman–Crippen MR) is 31.5 cm³/mol. The lowest BCUT2D eigenvalue weighted by Gasteiger charge is -2.22. The Morgan fingerprint density at radius 3 is 2.78 bits per heavy atom. The van der Waals surface area contributed by atoms with Gasteiger partial charge in [0.15, 0.2) is 6.80 Å². The fourth-order valence-corrected chi connectivity index (χ4v) is 0.988. The number of hydrogen-bond acceptors (Lipinski definition) is 1. The van der Waals surface area contributed by atoms with Crippen LogP contribution in [0.25, 0.3) is 0 Å². The first-order valence-corrected chi connectivity index (χ1v) is 3.18. The largest absolute Gasteiger partial charge is 0.315 e. The molecule has 1 amide bonds. The minimum Gasteiger partial charge on any atom is -0.315 e. The molecule has 1 aliphatic heterocycles. The molecule has 1 fully saturated rings. The van der Waals surface area contributed by atoms with E-state index in [4.69, 9.17) is 0 Å². The van der Waals surface area contributed by atoms with Crippen LogP contribution in [-0.2, 0) is 4.79 Å². The maximum Gasteiger partial charge on any atom is 0.224 e. The van der Waals surface area contributed by atoms with E-state index < -0.39 is 6.80 Å². The summed E-state index contributed by atoms with van der Waals surface area (Å²) >= 11 is 0. The van der Waals surface area contributed by atoms with Crippen LogP contribution in [0, 0.1) is 0 Å². The van der Waals surface area contributed by atoms with Crippen molar-refractivity contribution in [1.82, 2.24) is 4.90 Å². The highest BCUT2D eigenvalue weighted by atomic mass is 19.1. The number of carbonyl (C=O) groups excluding carboxylic acids is 1. The van der Waals surface area contributed by atoms with Crippen LogP contribution in [0.15, 0.2) is 0 Å². The Morgan fingerprint density at radius 1 is 1.56 bits per heavy atom. The number of carbonyl (C=O) groups is 1. The van der Waals surface area contributed by atoms with Gasteiger partial charge in [0.25, 0.3) is 0 Å². The summed E-state index contributed by atoms with van der Waals surface area (Å²) in [6.07, 6.45) is 2.41. The molecule has 0 aromatic rings. The molecular weight excluding hydrogens is 121 g/mol. The Bertz CT molecular complexity index is 116. The molecule has 0 N–H and O–H groups in total. The molecule has 0 bridgehead atoms. The Balaban J connectivity index is 2.39. The standard InChI is InChI=1S/C6H10FNO/c7-5-8-4-2-1-3-6(8)9/h1-5H2. The van der Waals surface area contributed by atoms with Gasteiger partial charge >= 0.3 is 0 Å². The SMILES string of the molecule is O=C1CCCCN1CF. The van der Waals surface area contributed by atoms with Crippen LogP contribution < -0.4 is 0 Å². The molecule has 2 nitrogen and oxygen atoms in total. The van der Waals surface area contributed by atoms with Crippen molar-refractivity contribution in [3.05, 3.63) is 0 Å². The third-order valence-corrected chi connectivity index (χ3v) is 1.57. The average molecular weight is 131 g/mol. The molecule has 0 radical (unpaired) electrons. The highest BCUT2D eigenvalue weighted by Gasteiger charge is 2.16. The summed E-state index contributed by atoms with van der Waals surface area (Å²) in [6, 6.07) is 0. The van der Waals surface area contributed by atoms with E-state index in [0.29, 0.717) is 13.0 Å². The smallest absolute Gasteiger partial charge is 0.224 e. The maximum atomic E-state index is 11.8. The Morgan fingerprint density at radius 2 is 2.33 bits per heavy atom. The normalized spacial score (nSPS) is 20.6. The second-order valence-electron chi connectivity index (χ2n) is 2.23. The van der Waals surface area contributed by atoms with E-state index >= 15 is 0 Å². The Labute approximate surface area is 53.6 Å². The summed E-state index contributed by atoms with van der Waals surface area (Å²) in [5, 5.41) is 0. The van der Waals surface area contributed by atoms with Gasteiger partial charge in [-0.1, -0.05) is 0 Å². The van der Waals surface area contributed by atoms with E-state index in [9.17, 15) is 9.18 Å². The summed E-state index contributed by atoms with van der Waals surface area (Å²) in [6.45, 7) is -0.00579. The molecule has 3 heteroatoms. The molecule has 0 saturated carbocycles. The quantitative estimate of drug-likeness (QED) is 0.485. The van der Waals surface area contributed by atoms with E-state index in [2.05, 4.69) is 0 Å². The molecule has 1 aliphatic rings. The zero-order chi connectivity index (χ0) is 6.69.